The van der Waals surface area contributed by atoms with Crippen molar-refractivity contribution < 1.29 is 10.3 Å². The molecule has 0 radical (unpaired) electrons. The fourth-order valence-electron chi connectivity index (χ4n) is 1.94. The topological polar surface area (TPSA) is 52.8 Å². The van der Waals surface area contributed by atoms with Gasteiger partial charge in [0.15, 0.2) is 0 Å². The lowest BCUT2D eigenvalue weighted by atomic mass is 9.78. The van der Waals surface area contributed by atoms with Gasteiger partial charge in [-0.3, -0.25) is 0 Å². The summed E-state index contributed by atoms with van der Waals surface area (Å²) in [6.45, 7) is 12.3. The van der Waals surface area contributed by atoms with Crippen molar-refractivity contribution in [2.24, 2.45) is 5.16 Å². The van der Waals surface area contributed by atoms with Crippen molar-refractivity contribution >= 4 is 6.21 Å². The average molecular weight is 249 g/mol. The standard InChI is InChI=1S/C15H23NO2/c1-14(2,3)11-7-10(9-16-18)8-12(13(11)17)15(4,5)6/h7-9,17-18H,1-6H3/b16-9-. The van der Waals surface area contributed by atoms with Gasteiger partial charge in [0.25, 0.3) is 0 Å². The molecule has 3 nitrogen and oxygen atoms in total. The van der Waals surface area contributed by atoms with E-state index in [1.54, 1.807) is 0 Å². The first kappa shape index (κ1) is 14.6. The quantitative estimate of drug-likeness (QED) is 0.452. The first-order valence-electron chi connectivity index (χ1n) is 6.13. The second-order valence-corrected chi connectivity index (χ2v) is 6.71. The molecular weight excluding hydrogens is 226 g/mol. The van der Waals surface area contributed by atoms with Crippen molar-refractivity contribution in [2.45, 2.75) is 52.4 Å². The molecule has 0 aliphatic heterocycles. The molecule has 0 aliphatic rings. The number of rotatable bonds is 1. The fraction of sp³-hybridized carbons (Fsp3) is 0.533. The van der Waals surface area contributed by atoms with Gasteiger partial charge in [0.1, 0.15) is 5.75 Å². The molecule has 0 aromatic heterocycles. The Hall–Kier alpha value is -1.51. The van der Waals surface area contributed by atoms with Gasteiger partial charge in [0.2, 0.25) is 0 Å². The van der Waals surface area contributed by atoms with E-state index in [-0.39, 0.29) is 10.8 Å². The summed E-state index contributed by atoms with van der Waals surface area (Å²) in [5, 5.41) is 22.2. The zero-order valence-corrected chi connectivity index (χ0v) is 12.1. The summed E-state index contributed by atoms with van der Waals surface area (Å²) in [6, 6.07) is 3.73. The molecule has 1 rings (SSSR count). The van der Waals surface area contributed by atoms with Crippen LogP contribution in [0.25, 0.3) is 0 Å². The lowest BCUT2D eigenvalue weighted by Crippen LogP contribution is -2.17. The second-order valence-electron chi connectivity index (χ2n) is 6.71. The van der Waals surface area contributed by atoms with E-state index >= 15 is 0 Å². The normalized spacial score (nSPS) is 13.2. The van der Waals surface area contributed by atoms with Gasteiger partial charge in [0, 0.05) is 11.1 Å². The second kappa shape index (κ2) is 4.63. The van der Waals surface area contributed by atoms with E-state index in [1.165, 1.54) is 6.21 Å². The van der Waals surface area contributed by atoms with E-state index in [9.17, 15) is 5.11 Å². The van der Waals surface area contributed by atoms with E-state index in [0.717, 1.165) is 16.7 Å². The average Bonchev–Trinajstić information content (AvgIpc) is 2.17. The molecule has 0 atom stereocenters. The van der Waals surface area contributed by atoms with Gasteiger partial charge in [-0.15, -0.1) is 0 Å². The van der Waals surface area contributed by atoms with Crippen LogP contribution in [0.3, 0.4) is 0 Å². The highest BCUT2D eigenvalue weighted by Crippen LogP contribution is 2.39. The van der Waals surface area contributed by atoms with Crippen LogP contribution in [0.1, 0.15) is 58.2 Å². The maximum absolute atomic E-state index is 10.4. The number of nitrogens with zero attached hydrogens (tertiary/aromatic N) is 1. The molecule has 0 amide bonds. The van der Waals surface area contributed by atoms with Crippen molar-refractivity contribution in [1.29, 1.82) is 0 Å². The van der Waals surface area contributed by atoms with Gasteiger partial charge >= 0.3 is 0 Å². The highest BCUT2D eigenvalue weighted by Gasteiger charge is 2.26. The third kappa shape index (κ3) is 3.03. The highest BCUT2D eigenvalue weighted by atomic mass is 16.4. The monoisotopic (exact) mass is 249 g/mol. The van der Waals surface area contributed by atoms with Crippen LogP contribution in [-0.4, -0.2) is 16.5 Å². The van der Waals surface area contributed by atoms with Gasteiger partial charge in [-0.05, 0) is 28.5 Å². The molecule has 0 unspecified atom stereocenters. The molecule has 1 aromatic rings. The molecule has 0 heterocycles. The fourth-order valence-corrected chi connectivity index (χ4v) is 1.94. The molecule has 100 valence electrons. The van der Waals surface area contributed by atoms with Crippen LogP contribution in [-0.2, 0) is 10.8 Å². The van der Waals surface area contributed by atoms with Gasteiger partial charge in [0.05, 0.1) is 6.21 Å². The number of phenolic OH excluding ortho intramolecular Hbond substituents is 1. The molecule has 0 fully saturated rings. The Bertz CT molecular complexity index is 427. The van der Waals surface area contributed by atoms with E-state index in [0.29, 0.717) is 5.75 Å². The van der Waals surface area contributed by atoms with Crippen LogP contribution in [0.5, 0.6) is 5.75 Å². The number of hydrogen-bond acceptors (Lipinski definition) is 3. The van der Waals surface area contributed by atoms with Crippen molar-refractivity contribution in [1.82, 2.24) is 0 Å². The van der Waals surface area contributed by atoms with Gasteiger partial charge in [-0.1, -0.05) is 46.7 Å². The van der Waals surface area contributed by atoms with E-state index in [2.05, 4.69) is 5.16 Å². The first-order valence-corrected chi connectivity index (χ1v) is 6.13. The first-order chi connectivity index (χ1) is 8.07. The number of hydrogen-bond donors (Lipinski definition) is 2. The largest absolute Gasteiger partial charge is 0.507 e. The molecule has 18 heavy (non-hydrogen) atoms. The molecule has 0 bridgehead atoms. The Morgan fingerprint density at radius 3 is 1.61 bits per heavy atom. The molecule has 0 saturated heterocycles. The zero-order valence-electron chi connectivity index (χ0n) is 12.1. The highest BCUT2D eigenvalue weighted by molar-refractivity contribution is 5.81. The third-order valence-corrected chi connectivity index (χ3v) is 2.96. The molecule has 1 aromatic carbocycles. The Kier molecular flexibility index (Phi) is 3.75. The smallest absolute Gasteiger partial charge is 0.123 e. The van der Waals surface area contributed by atoms with Crippen molar-refractivity contribution in [3.63, 3.8) is 0 Å². The number of phenols is 1. The number of benzene rings is 1. The minimum absolute atomic E-state index is 0.163. The third-order valence-electron chi connectivity index (χ3n) is 2.96. The molecule has 2 N–H and O–H groups in total. The summed E-state index contributed by atoms with van der Waals surface area (Å²) in [5.41, 5.74) is 2.20. The summed E-state index contributed by atoms with van der Waals surface area (Å²) < 4.78 is 0. The lowest BCUT2D eigenvalue weighted by molar-refractivity contribution is 0.322. The predicted octanol–water partition coefficient (Wildman–Crippen LogP) is 3.80. The van der Waals surface area contributed by atoms with Gasteiger partial charge < -0.3 is 10.3 Å². The number of aromatic hydroxyl groups is 1. The Morgan fingerprint density at radius 2 is 1.33 bits per heavy atom. The Morgan fingerprint density at radius 1 is 0.944 bits per heavy atom. The maximum Gasteiger partial charge on any atom is 0.123 e. The zero-order chi connectivity index (χ0) is 14.1. The summed E-state index contributed by atoms with van der Waals surface area (Å²) in [4.78, 5) is 0. The summed E-state index contributed by atoms with van der Waals surface area (Å²) >= 11 is 0. The van der Waals surface area contributed by atoms with Crippen LogP contribution < -0.4 is 0 Å². The molecule has 3 heteroatoms. The van der Waals surface area contributed by atoms with Crippen LogP contribution in [0.4, 0.5) is 0 Å². The van der Waals surface area contributed by atoms with Crippen LogP contribution >= 0.6 is 0 Å². The number of oxime groups is 1. The Balaban J connectivity index is 3.59. The minimum atomic E-state index is -0.163. The van der Waals surface area contributed by atoms with Crippen molar-refractivity contribution in [3.8, 4) is 5.75 Å². The van der Waals surface area contributed by atoms with Crippen LogP contribution in [0.15, 0.2) is 17.3 Å². The minimum Gasteiger partial charge on any atom is -0.507 e. The molecule has 0 spiro atoms. The maximum atomic E-state index is 10.4. The van der Waals surface area contributed by atoms with Crippen molar-refractivity contribution in [3.05, 3.63) is 28.8 Å². The summed E-state index contributed by atoms with van der Waals surface area (Å²) in [5.74, 6) is 0.338. The van der Waals surface area contributed by atoms with Crippen molar-refractivity contribution in [2.75, 3.05) is 0 Å². The Labute approximate surface area is 109 Å². The molecule has 0 saturated carbocycles. The lowest BCUT2D eigenvalue weighted by Gasteiger charge is -2.27. The van der Waals surface area contributed by atoms with E-state index in [4.69, 9.17) is 5.21 Å². The van der Waals surface area contributed by atoms with E-state index in [1.807, 2.05) is 53.7 Å². The molecular formula is C15H23NO2. The van der Waals surface area contributed by atoms with E-state index < -0.39 is 0 Å². The summed E-state index contributed by atoms with van der Waals surface area (Å²) in [7, 11) is 0. The molecule has 0 aliphatic carbocycles. The van der Waals surface area contributed by atoms with Crippen LogP contribution in [0.2, 0.25) is 0 Å². The van der Waals surface area contributed by atoms with Gasteiger partial charge in [-0.2, -0.15) is 0 Å². The summed E-state index contributed by atoms with van der Waals surface area (Å²) in [6.07, 6.45) is 1.39. The predicted molar refractivity (Wildman–Crippen MR) is 74.9 cm³/mol. The van der Waals surface area contributed by atoms with Gasteiger partial charge in [-0.25, -0.2) is 0 Å². The van der Waals surface area contributed by atoms with Crippen LogP contribution in [0, 0.1) is 0 Å². The SMILES string of the molecule is CC(C)(C)c1cc(/C=N\O)cc(C(C)(C)C)c1O.